The van der Waals surface area contributed by atoms with Crippen molar-refractivity contribution >= 4 is 69.0 Å². The molecule has 8 rings (SSSR count). The third-order valence-corrected chi connectivity index (χ3v) is 16.4. The predicted molar refractivity (Wildman–Crippen MR) is 311 cm³/mol. The number of methoxy groups -OCH3 is 1. The molecule has 2 aliphatic rings. The van der Waals surface area contributed by atoms with E-state index in [1.807, 2.05) is 56.0 Å². The maximum Gasteiger partial charge on any atom is 0.243 e. The molecular formula is C60H76ClFN10O8S. The van der Waals surface area contributed by atoms with E-state index in [1.165, 1.54) is 23.4 Å². The summed E-state index contributed by atoms with van der Waals surface area (Å²) in [6, 6.07) is 15.9. The van der Waals surface area contributed by atoms with Crippen LogP contribution in [0, 0.1) is 25.6 Å². The van der Waals surface area contributed by atoms with Crippen LogP contribution in [0.1, 0.15) is 126 Å². The van der Waals surface area contributed by atoms with Crippen LogP contribution in [0.3, 0.4) is 0 Å². The Hall–Kier alpha value is -6.74. The summed E-state index contributed by atoms with van der Waals surface area (Å²) in [4.78, 5) is 74.9. The zero-order chi connectivity index (χ0) is 57.4. The number of aryl methyl sites for hydroxylation is 2. The Morgan fingerprint density at radius 2 is 1.63 bits per heavy atom. The number of nitrogens with zero attached hydrogens (tertiary/aromatic N) is 7. The van der Waals surface area contributed by atoms with Gasteiger partial charge in [0.1, 0.15) is 35.7 Å². The number of anilines is 2. The smallest absolute Gasteiger partial charge is 0.243 e. The van der Waals surface area contributed by atoms with Gasteiger partial charge in [-0.25, -0.2) is 19.3 Å². The first-order valence-corrected chi connectivity index (χ1v) is 29.6. The molecule has 0 radical (unpaired) electrons. The Morgan fingerprint density at radius 3 is 2.31 bits per heavy atom. The number of carbonyl (C=O) groups excluding carboxylic acids is 4. The van der Waals surface area contributed by atoms with Crippen molar-refractivity contribution in [3.8, 4) is 21.9 Å². The van der Waals surface area contributed by atoms with Gasteiger partial charge in [0, 0.05) is 81.9 Å². The molecule has 6 aromatic rings. The summed E-state index contributed by atoms with van der Waals surface area (Å²) in [5, 5.41) is 24.8. The fourth-order valence-electron chi connectivity index (χ4n) is 10.7. The Labute approximate surface area is 482 Å². The number of fused-ring (bicyclic) bond motifs is 1. The van der Waals surface area contributed by atoms with Gasteiger partial charge in [-0.1, -0.05) is 93.4 Å². The number of rotatable bonds is 28. The number of ether oxygens (including phenoxy) is 2. The average Bonchev–Trinajstić information content (AvgIpc) is 4.23. The van der Waals surface area contributed by atoms with E-state index in [-0.39, 0.29) is 48.0 Å². The van der Waals surface area contributed by atoms with E-state index in [9.17, 15) is 28.7 Å². The fraction of sp³-hybridized carbons (Fsp3) is 0.500. The van der Waals surface area contributed by atoms with E-state index < -0.39 is 35.8 Å². The van der Waals surface area contributed by atoms with Gasteiger partial charge in [0.05, 0.1) is 64.6 Å². The summed E-state index contributed by atoms with van der Waals surface area (Å²) in [7, 11) is 1.59. The summed E-state index contributed by atoms with van der Waals surface area (Å²) >= 11 is 7.55. The zero-order valence-electron chi connectivity index (χ0n) is 47.1. The molecule has 434 valence electrons. The van der Waals surface area contributed by atoms with Crippen molar-refractivity contribution in [3.05, 3.63) is 106 Å². The molecular weight excluding hydrogens is 1080 g/mol. The second kappa shape index (κ2) is 29.3. The molecule has 0 spiro atoms. The van der Waals surface area contributed by atoms with Gasteiger partial charge in [0.25, 0.3) is 0 Å². The maximum atomic E-state index is 14.2. The number of aliphatic hydroxyl groups is 1. The molecule has 0 bridgehead atoms. The number of piperazine rings is 1. The topological polar surface area (TPSA) is 217 Å². The minimum atomic E-state index is -0.935. The lowest BCUT2D eigenvalue weighted by Gasteiger charge is -2.34. The standard InChI is InChI=1S/C60H76ClFN10O8S/c1-38(2)56(53-29-39(3)69-80-53)60(77)72-35-44(73)31-50(72)59(76)68-48(41-16-18-42(19-17-41)57-40(4)66-37-81-57)34-54(74)63-22-13-11-9-7-6-8-10-12-15-55(75)71-26-24-70(25-27-71)23-14-28-79-52-32-45-49(33-51(52)78-5)64-36-65-58(45)67-43-20-21-47(62)46(61)30-43/h16-21,29-30,32-33,36-38,44,48,50,56,73H,6-15,22-28,31,34-35H2,1-5H3,(H,63,74)(H,68,76)(H,64,65,67)/t44-,48-,50-,56+/m0/s1. The molecule has 18 nitrogen and oxygen atoms in total. The predicted octanol–water partition coefficient (Wildman–Crippen LogP) is 10.1. The van der Waals surface area contributed by atoms with Crippen LogP contribution in [0.25, 0.3) is 21.3 Å². The van der Waals surface area contributed by atoms with Gasteiger partial charge >= 0.3 is 0 Å². The molecule has 21 heteroatoms. The highest BCUT2D eigenvalue weighted by Gasteiger charge is 2.44. The second-order valence-electron chi connectivity index (χ2n) is 21.5. The van der Waals surface area contributed by atoms with E-state index in [0.717, 1.165) is 99.1 Å². The monoisotopic (exact) mass is 1150 g/mol. The SMILES string of the molecule is COc1cc2ncnc(Nc3ccc(F)c(Cl)c3)c2cc1OCCCN1CCN(C(=O)CCCCCCCCCCNC(=O)C[C@H](NC(=O)[C@@H]2C[C@H](O)CN2C(=O)[C@@H](c2cc(C)no2)C(C)C)c2ccc(-c3scnc3C)cc2)CC1. The number of amides is 4. The molecule has 3 aromatic heterocycles. The van der Waals surface area contributed by atoms with Gasteiger partial charge in [0.2, 0.25) is 23.6 Å². The van der Waals surface area contributed by atoms with Crippen molar-refractivity contribution in [3.63, 3.8) is 0 Å². The van der Waals surface area contributed by atoms with Crippen molar-refractivity contribution < 1.29 is 42.7 Å². The van der Waals surface area contributed by atoms with Crippen molar-refractivity contribution in [2.24, 2.45) is 5.92 Å². The first-order valence-electron chi connectivity index (χ1n) is 28.3. The third-order valence-electron chi connectivity index (χ3n) is 15.1. The van der Waals surface area contributed by atoms with Crippen LogP contribution in [0.2, 0.25) is 5.02 Å². The number of nitrogens with one attached hydrogen (secondary N) is 3. The molecule has 2 fully saturated rings. The van der Waals surface area contributed by atoms with E-state index in [0.29, 0.717) is 78.0 Å². The van der Waals surface area contributed by atoms with Crippen LogP contribution in [-0.2, 0) is 19.2 Å². The van der Waals surface area contributed by atoms with Crippen LogP contribution in [-0.4, -0.2) is 135 Å². The first kappa shape index (κ1) is 60.4. The van der Waals surface area contributed by atoms with Crippen molar-refractivity contribution in [2.45, 2.75) is 129 Å². The van der Waals surface area contributed by atoms with Crippen LogP contribution in [0.5, 0.6) is 11.5 Å². The summed E-state index contributed by atoms with van der Waals surface area (Å²) in [5.74, 6) is -0.0101. The molecule has 81 heavy (non-hydrogen) atoms. The number of aromatic nitrogens is 4. The molecule has 0 saturated carbocycles. The molecule has 5 heterocycles. The number of β-amino-alcohol motifs (C(OH)–C–C–N with tert-alkyl or cyclic N) is 1. The van der Waals surface area contributed by atoms with Crippen LogP contribution in [0.4, 0.5) is 15.9 Å². The number of unbranched alkanes of at least 4 members (excludes halogenated alkanes) is 7. The fourth-order valence-corrected chi connectivity index (χ4v) is 11.7. The highest BCUT2D eigenvalue weighted by atomic mass is 35.5. The van der Waals surface area contributed by atoms with Gasteiger partial charge in [-0.05, 0) is 74.4 Å². The van der Waals surface area contributed by atoms with Crippen LogP contribution < -0.4 is 25.4 Å². The molecule has 2 aliphatic heterocycles. The number of benzene rings is 3. The highest BCUT2D eigenvalue weighted by Crippen LogP contribution is 2.36. The quantitative estimate of drug-likeness (QED) is 0.0336. The number of hydrogen-bond acceptors (Lipinski definition) is 15. The Morgan fingerprint density at radius 1 is 0.889 bits per heavy atom. The highest BCUT2D eigenvalue weighted by molar-refractivity contribution is 7.13. The molecule has 3 aromatic carbocycles. The number of likely N-dealkylation sites (tertiary alicyclic amines) is 1. The second-order valence-corrected chi connectivity index (χ2v) is 22.8. The molecule has 4 N–H and O–H groups in total. The summed E-state index contributed by atoms with van der Waals surface area (Å²) in [6.45, 7) is 12.5. The average molecular weight is 1150 g/mol. The van der Waals surface area contributed by atoms with Gasteiger partial charge < -0.3 is 44.9 Å². The Bertz CT molecular complexity index is 3060. The number of halogens is 2. The van der Waals surface area contributed by atoms with Gasteiger partial charge in [0.15, 0.2) is 11.5 Å². The molecule has 4 amide bonds. The minimum Gasteiger partial charge on any atom is -0.493 e. The first-order chi connectivity index (χ1) is 39.1. The minimum absolute atomic E-state index is 0.00226. The Balaban J connectivity index is 0.701. The summed E-state index contributed by atoms with van der Waals surface area (Å²) in [5.41, 5.74) is 6.35. The van der Waals surface area contributed by atoms with Crippen LogP contribution >= 0.6 is 22.9 Å². The number of hydrogen-bond donors (Lipinski definition) is 4. The largest absolute Gasteiger partial charge is 0.493 e. The van der Waals surface area contributed by atoms with E-state index in [1.54, 1.807) is 49.1 Å². The van der Waals surface area contributed by atoms with Gasteiger partial charge in [-0.3, -0.25) is 24.1 Å². The lowest BCUT2D eigenvalue weighted by molar-refractivity contribution is -0.141. The Kier molecular flexibility index (Phi) is 21.8. The lowest BCUT2D eigenvalue weighted by Crippen LogP contribution is -2.49. The third kappa shape index (κ3) is 16.5. The summed E-state index contributed by atoms with van der Waals surface area (Å²) in [6.07, 6.45) is 9.98. The zero-order valence-corrected chi connectivity index (χ0v) is 48.6. The maximum absolute atomic E-state index is 14.2. The van der Waals surface area contributed by atoms with Crippen LogP contribution in [0.15, 0.2) is 77.0 Å². The number of carbonyl (C=O) groups is 4. The normalized spacial score (nSPS) is 16.4. The molecule has 2 saturated heterocycles. The van der Waals surface area contributed by atoms with E-state index in [4.69, 9.17) is 25.6 Å². The molecule has 0 aliphatic carbocycles. The van der Waals surface area contributed by atoms with E-state index >= 15 is 0 Å². The number of aliphatic hydroxyl groups excluding tert-OH is 1. The molecule has 4 atom stereocenters. The van der Waals surface area contributed by atoms with E-state index in [2.05, 4.69) is 41.0 Å². The summed E-state index contributed by atoms with van der Waals surface area (Å²) < 4.78 is 31.1. The molecule has 0 unspecified atom stereocenters. The number of thiazole rings is 1. The van der Waals surface area contributed by atoms with Crippen molar-refractivity contribution in [2.75, 3.05) is 64.8 Å². The lowest BCUT2D eigenvalue weighted by atomic mass is 9.91. The van der Waals surface area contributed by atoms with Gasteiger partial charge in [-0.15, -0.1) is 11.3 Å². The van der Waals surface area contributed by atoms with Crippen molar-refractivity contribution in [1.82, 2.24) is 45.4 Å². The van der Waals surface area contributed by atoms with Gasteiger partial charge in [-0.2, -0.15) is 0 Å². The van der Waals surface area contributed by atoms with Crippen molar-refractivity contribution in [1.29, 1.82) is 0 Å².